The number of carbonyl (C=O) groups excluding carboxylic acids is 1. The number of amides is 1. The van der Waals surface area contributed by atoms with Crippen molar-refractivity contribution >= 4 is 11.7 Å². The summed E-state index contributed by atoms with van der Waals surface area (Å²) in [5.74, 6) is 1.51. The number of nitrogens with one attached hydrogen (secondary N) is 1. The fraction of sp³-hybridized carbons (Fsp3) is 0.778. The Kier molecular flexibility index (Phi) is 4.69. The summed E-state index contributed by atoms with van der Waals surface area (Å²) in [6, 6.07) is 2.03. The third-order valence-electron chi connectivity index (χ3n) is 4.33. The fourth-order valence-electron chi connectivity index (χ4n) is 3.02. The van der Waals surface area contributed by atoms with E-state index in [1.165, 1.54) is 25.7 Å². The summed E-state index contributed by atoms with van der Waals surface area (Å²) in [5, 5.41) is 7.84. The van der Waals surface area contributed by atoms with Gasteiger partial charge in [-0.15, -0.1) is 0 Å². The molecular weight excluding hydrogens is 274 g/mol. The van der Waals surface area contributed by atoms with E-state index in [2.05, 4.69) is 46.9 Å². The van der Waals surface area contributed by atoms with Crippen LogP contribution in [0.5, 0.6) is 0 Å². The van der Waals surface area contributed by atoms with E-state index in [4.69, 9.17) is 5.10 Å². The predicted molar refractivity (Wildman–Crippen MR) is 91.1 cm³/mol. The van der Waals surface area contributed by atoms with Crippen molar-refractivity contribution in [2.75, 3.05) is 5.32 Å². The lowest BCUT2D eigenvalue weighted by Gasteiger charge is -2.23. The van der Waals surface area contributed by atoms with Crippen molar-refractivity contribution in [1.29, 1.82) is 0 Å². The second kappa shape index (κ2) is 6.05. The maximum absolute atomic E-state index is 12.4. The van der Waals surface area contributed by atoms with Crippen LogP contribution < -0.4 is 5.32 Å². The van der Waals surface area contributed by atoms with Gasteiger partial charge in [0, 0.05) is 17.9 Å². The van der Waals surface area contributed by atoms with Crippen molar-refractivity contribution in [3.8, 4) is 0 Å². The summed E-state index contributed by atoms with van der Waals surface area (Å²) in [6.07, 6.45) is 5.57. The first kappa shape index (κ1) is 17.0. The van der Waals surface area contributed by atoms with Gasteiger partial charge < -0.3 is 5.32 Å². The van der Waals surface area contributed by atoms with Crippen LogP contribution in [0.2, 0.25) is 0 Å². The Balaban J connectivity index is 2.17. The molecular formula is C18H31N3O. The van der Waals surface area contributed by atoms with Crippen molar-refractivity contribution in [3.05, 3.63) is 11.8 Å². The van der Waals surface area contributed by atoms with Crippen molar-refractivity contribution in [1.82, 2.24) is 9.78 Å². The maximum atomic E-state index is 12.4. The summed E-state index contributed by atoms with van der Waals surface area (Å²) >= 11 is 0. The van der Waals surface area contributed by atoms with Gasteiger partial charge in [-0.2, -0.15) is 5.10 Å². The van der Waals surface area contributed by atoms with Gasteiger partial charge in [0.1, 0.15) is 5.82 Å². The Labute approximate surface area is 134 Å². The molecule has 0 aliphatic heterocycles. The third-order valence-corrected chi connectivity index (χ3v) is 4.33. The molecule has 1 aliphatic carbocycles. The lowest BCUT2D eigenvalue weighted by Crippen LogP contribution is -2.27. The van der Waals surface area contributed by atoms with Gasteiger partial charge in [0.25, 0.3) is 0 Å². The van der Waals surface area contributed by atoms with E-state index >= 15 is 0 Å². The smallest absolute Gasteiger partial charge is 0.225 e. The van der Waals surface area contributed by atoms with E-state index in [1.807, 2.05) is 10.7 Å². The van der Waals surface area contributed by atoms with Crippen LogP contribution in [0.3, 0.4) is 0 Å². The Morgan fingerprint density at radius 1 is 1.23 bits per heavy atom. The van der Waals surface area contributed by atoms with Crippen molar-refractivity contribution in [2.45, 2.75) is 84.6 Å². The molecule has 1 aliphatic rings. The molecule has 0 unspecified atom stereocenters. The summed E-state index contributed by atoms with van der Waals surface area (Å²) in [6.45, 7) is 12.8. The van der Waals surface area contributed by atoms with Gasteiger partial charge in [-0.3, -0.25) is 4.79 Å². The number of hydrogen-bond acceptors (Lipinski definition) is 2. The Morgan fingerprint density at radius 2 is 1.82 bits per heavy atom. The molecule has 1 N–H and O–H groups in total. The van der Waals surface area contributed by atoms with Crippen LogP contribution in [0.15, 0.2) is 6.07 Å². The molecule has 4 nitrogen and oxygen atoms in total. The minimum absolute atomic E-state index is 0.0264. The molecule has 0 aromatic carbocycles. The van der Waals surface area contributed by atoms with E-state index in [0.717, 1.165) is 11.5 Å². The van der Waals surface area contributed by atoms with Crippen LogP contribution in [0.25, 0.3) is 0 Å². The number of hydrogen-bond donors (Lipinski definition) is 1. The van der Waals surface area contributed by atoms with Crippen LogP contribution in [0.1, 0.15) is 79.3 Å². The van der Waals surface area contributed by atoms with Crippen LogP contribution in [-0.2, 0) is 15.7 Å². The number of aromatic nitrogens is 2. The molecule has 1 heterocycles. The summed E-state index contributed by atoms with van der Waals surface area (Å²) in [5.41, 5.74) is 0.833. The average molecular weight is 305 g/mol. The normalized spacial score (nSPS) is 17.0. The molecule has 0 spiro atoms. The van der Waals surface area contributed by atoms with Crippen LogP contribution in [0.4, 0.5) is 5.82 Å². The highest BCUT2D eigenvalue weighted by molar-refractivity contribution is 5.90. The monoisotopic (exact) mass is 305 g/mol. The van der Waals surface area contributed by atoms with Gasteiger partial charge in [0.15, 0.2) is 0 Å². The molecule has 0 bridgehead atoms. The van der Waals surface area contributed by atoms with Crippen LogP contribution in [-0.4, -0.2) is 15.7 Å². The third kappa shape index (κ3) is 4.11. The first-order valence-corrected chi connectivity index (χ1v) is 8.48. The fourth-order valence-corrected chi connectivity index (χ4v) is 3.02. The minimum atomic E-state index is -0.153. The Bertz CT molecular complexity index is 526. The highest BCUT2D eigenvalue weighted by Crippen LogP contribution is 2.30. The molecule has 124 valence electrons. The first-order valence-electron chi connectivity index (χ1n) is 8.48. The van der Waals surface area contributed by atoms with E-state index in [9.17, 15) is 4.79 Å². The summed E-state index contributed by atoms with van der Waals surface area (Å²) < 4.78 is 1.94. The maximum Gasteiger partial charge on any atom is 0.225 e. The predicted octanol–water partition coefficient (Wildman–Crippen LogP) is 4.45. The molecule has 0 atom stereocenters. The van der Waals surface area contributed by atoms with Crippen molar-refractivity contribution in [2.24, 2.45) is 5.92 Å². The van der Waals surface area contributed by atoms with Gasteiger partial charge in [0.05, 0.1) is 11.2 Å². The van der Waals surface area contributed by atoms with Crippen LogP contribution in [0, 0.1) is 5.92 Å². The number of anilines is 1. The zero-order valence-electron chi connectivity index (χ0n) is 15.0. The molecule has 0 radical (unpaired) electrons. The molecule has 4 heteroatoms. The van der Waals surface area contributed by atoms with E-state index in [0.29, 0.717) is 12.3 Å². The largest absolute Gasteiger partial charge is 0.311 e. The topological polar surface area (TPSA) is 46.9 Å². The van der Waals surface area contributed by atoms with E-state index < -0.39 is 0 Å². The standard InChI is InChI=1S/C18H31N3O/c1-17(2,3)14-12-15(21(20-14)18(4,5)6)19-16(22)11-13-9-7-8-10-13/h12-13H,7-11H2,1-6H3,(H,19,22). The van der Waals surface area contributed by atoms with Gasteiger partial charge in [-0.25, -0.2) is 4.68 Å². The molecule has 1 fully saturated rings. The minimum Gasteiger partial charge on any atom is -0.311 e. The molecule has 22 heavy (non-hydrogen) atoms. The lowest BCUT2D eigenvalue weighted by molar-refractivity contribution is -0.117. The van der Waals surface area contributed by atoms with Gasteiger partial charge in [-0.1, -0.05) is 33.6 Å². The molecule has 1 aromatic heterocycles. The number of nitrogens with zero attached hydrogens (tertiary/aromatic N) is 2. The van der Waals surface area contributed by atoms with Crippen molar-refractivity contribution in [3.63, 3.8) is 0 Å². The van der Waals surface area contributed by atoms with Gasteiger partial charge >= 0.3 is 0 Å². The van der Waals surface area contributed by atoms with Crippen LogP contribution >= 0.6 is 0 Å². The Morgan fingerprint density at radius 3 is 2.32 bits per heavy atom. The molecule has 2 rings (SSSR count). The Hall–Kier alpha value is -1.32. The molecule has 1 saturated carbocycles. The quantitative estimate of drug-likeness (QED) is 0.896. The highest BCUT2D eigenvalue weighted by atomic mass is 16.1. The second-order valence-electron chi connectivity index (χ2n) is 8.65. The molecule has 1 amide bonds. The summed E-state index contributed by atoms with van der Waals surface area (Å²) in [7, 11) is 0. The average Bonchev–Trinajstić information content (AvgIpc) is 2.95. The van der Waals surface area contributed by atoms with Gasteiger partial charge in [-0.05, 0) is 39.5 Å². The molecule has 0 saturated heterocycles. The van der Waals surface area contributed by atoms with Crippen molar-refractivity contribution < 1.29 is 4.79 Å². The molecule has 1 aromatic rings. The van der Waals surface area contributed by atoms with E-state index in [-0.39, 0.29) is 16.9 Å². The first-order chi connectivity index (χ1) is 10.1. The zero-order chi connectivity index (χ0) is 16.5. The number of rotatable bonds is 3. The lowest BCUT2D eigenvalue weighted by atomic mass is 9.92. The second-order valence-corrected chi connectivity index (χ2v) is 8.65. The highest BCUT2D eigenvalue weighted by Gasteiger charge is 2.26. The SMILES string of the molecule is CC(C)(C)c1cc(NC(=O)CC2CCCC2)n(C(C)(C)C)n1. The van der Waals surface area contributed by atoms with E-state index in [1.54, 1.807) is 0 Å². The zero-order valence-corrected chi connectivity index (χ0v) is 15.0. The summed E-state index contributed by atoms with van der Waals surface area (Å²) in [4.78, 5) is 12.4. The van der Waals surface area contributed by atoms with Gasteiger partial charge in [0.2, 0.25) is 5.91 Å². The number of carbonyl (C=O) groups is 1.